The molecular formula is C21H25N3O3S. The van der Waals surface area contributed by atoms with Gasteiger partial charge < -0.3 is 14.4 Å². The molecule has 3 aromatic rings. The Morgan fingerprint density at radius 1 is 1.18 bits per heavy atom. The number of fused-ring (bicyclic) bond motifs is 1. The van der Waals surface area contributed by atoms with Crippen molar-refractivity contribution < 1.29 is 14.3 Å². The number of ether oxygens (including phenoxy) is 2. The van der Waals surface area contributed by atoms with E-state index >= 15 is 0 Å². The first kappa shape index (κ1) is 20.2. The van der Waals surface area contributed by atoms with E-state index in [-0.39, 0.29) is 12.1 Å². The van der Waals surface area contributed by atoms with E-state index in [2.05, 4.69) is 22.5 Å². The SMILES string of the molecule is COCc1nc(N(C)[C@@H](C)C(=O)OC(C)C)c2c(-c3ccccc3)csc2n1. The van der Waals surface area contributed by atoms with Crippen LogP contribution in [0.5, 0.6) is 0 Å². The molecule has 0 aliphatic rings. The molecular weight excluding hydrogens is 374 g/mol. The van der Waals surface area contributed by atoms with E-state index in [0.29, 0.717) is 18.2 Å². The van der Waals surface area contributed by atoms with Gasteiger partial charge in [-0.3, -0.25) is 0 Å². The van der Waals surface area contributed by atoms with Crippen molar-refractivity contribution in [3.05, 3.63) is 41.5 Å². The minimum absolute atomic E-state index is 0.168. The van der Waals surface area contributed by atoms with Crippen LogP contribution in [0.2, 0.25) is 0 Å². The van der Waals surface area contributed by atoms with Crippen LogP contribution in [0.25, 0.3) is 21.3 Å². The van der Waals surface area contributed by atoms with Crippen molar-refractivity contribution in [1.82, 2.24) is 9.97 Å². The van der Waals surface area contributed by atoms with Gasteiger partial charge >= 0.3 is 5.97 Å². The number of aromatic nitrogens is 2. The Morgan fingerprint density at radius 3 is 2.54 bits per heavy atom. The Balaban J connectivity index is 2.12. The van der Waals surface area contributed by atoms with Crippen molar-refractivity contribution in [1.29, 1.82) is 0 Å². The largest absolute Gasteiger partial charge is 0.461 e. The van der Waals surface area contributed by atoms with Crippen molar-refractivity contribution >= 4 is 33.3 Å². The predicted molar refractivity (Wildman–Crippen MR) is 113 cm³/mol. The molecule has 2 aromatic heterocycles. The van der Waals surface area contributed by atoms with Gasteiger partial charge in [-0.05, 0) is 26.3 Å². The summed E-state index contributed by atoms with van der Waals surface area (Å²) in [6, 6.07) is 9.63. The summed E-state index contributed by atoms with van der Waals surface area (Å²) in [5.41, 5.74) is 2.14. The van der Waals surface area contributed by atoms with Gasteiger partial charge in [-0.15, -0.1) is 11.3 Å². The number of rotatable bonds is 7. The number of methoxy groups -OCH3 is 1. The number of nitrogens with zero attached hydrogens (tertiary/aromatic N) is 3. The van der Waals surface area contributed by atoms with Crippen molar-refractivity contribution in [3.63, 3.8) is 0 Å². The average molecular weight is 400 g/mol. The van der Waals surface area contributed by atoms with Crippen molar-refractivity contribution in [2.75, 3.05) is 19.1 Å². The molecule has 0 radical (unpaired) electrons. The van der Waals surface area contributed by atoms with Gasteiger partial charge in [0.1, 0.15) is 23.3 Å². The van der Waals surface area contributed by atoms with Gasteiger partial charge in [-0.1, -0.05) is 30.3 Å². The van der Waals surface area contributed by atoms with E-state index in [4.69, 9.17) is 14.5 Å². The minimum atomic E-state index is -0.487. The van der Waals surface area contributed by atoms with Crippen LogP contribution >= 0.6 is 11.3 Å². The van der Waals surface area contributed by atoms with Crippen LogP contribution in [-0.2, 0) is 20.9 Å². The van der Waals surface area contributed by atoms with Gasteiger partial charge in [0.05, 0.1) is 11.5 Å². The van der Waals surface area contributed by atoms with Crippen LogP contribution in [0.1, 0.15) is 26.6 Å². The maximum absolute atomic E-state index is 12.5. The van der Waals surface area contributed by atoms with Gasteiger partial charge in [0.25, 0.3) is 0 Å². The fraction of sp³-hybridized carbons (Fsp3) is 0.381. The zero-order chi connectivity index (χ0) is 20.3. The number of carbonyl (C=O) groups excluding carboxylic acids is 1. The van der Waals surface area contributed by atoms with Gasteiger partial charge in [0.15, 0.2) is 5.82 Å². The van der Waals surface area contributed by atoms with Crippen LogP contribution < -0.4 is 4.90 Å². The molecule has 1 aromatic carbocycles. The molecule has 0 aliphatic heterocycles. The zero-order valence-corrected chi connectivity index (χ0v) is 17.6. The maximum atomic E-state index is 12.5. The number of likely N-dealkylation sites (N-methyl/N-ethyl adjacent to an activating group) is 1. The summed E-state index contributed by atoms with van der Waals surface area (Å²) in [6.45, 7) is 5.82. The van der Waals surface area contributed by atoms with E-state index in [1.807, 2.05) is 50.9 Å². The highest BCUT2D eigenvalue weighted by atomic mass is 32.1. The molecule has 0 N–H and O–H groups in total. The number of esters is 1. The number of benzene rings is 1. The predicted octanol–water partition coefficient (Wildman–Crippen LogP) is 4.28. The molecule has 0 fully saturated rings. The summed E-state index contributed by atoms with van der Waals surface area (Å²) in [5.74, 6) is 1.00. The fourth-order valence-electron chi connectivity index (χ4n) is 2.92. The third-order valence-corrected chi connectivity index (χ3v) is 5.30. The standard InChI is InChI=1S/C21H25N3O3S/c1-13(2)27-21(25)14(3)24(4)19-18-16(15-9-7-6-8-10-15)12-28-20(18)23-17(22-19)11-26-5/h6-10,12-14H,11H2,1-5H3/t14-/m0/s1. The highest BCUT2D eigenvalue weighted by Crippen LogP contribution is 2.38. The Hall–Kier alpha value is -2.51. The van der Waals surface area contributed by atoms with Crippen LogP contribution in [0.4, 0.5) is 5.82 Å². The molecule has 0 saturated carbocycles. The summed E-state index contributed by atoms with van der Waals surface area (Å²) >= 11 is 1.56. The van der Waals surface area contributed by atoms with Crippen LogP contribution in [-0.4, -0.2) is 42.2 Å². The number of hydrogen-bond donors (Lipinski definition) is 0. The summed E-state index contributed by atoms with van der Waals surface area (Å²) in [5, 5.41) is 3.02. The third kappa shape index (κ3) is 4.15. The third-order valence-electron chi connectivity index (χ3n) is 4.43. The second-order valence-corrected chi connectivity index (χ2v) is 7.72. The van der Waals surface area contributed by atoms with Crippen molar-refractivity contribution in [2.24, 2.45) is 0 Å². The Morgan fingerprint density at radius 2 is 1.89 bits per heavy atom. The maximum Gasteiger partial charge on any atom is 0.328 e. The quantitative estimate of drug-likeness (QED) is 0.553. The number of thiophene rings is 1. The Labute approximate surface area is 169 Å². The normalized spacial score (nSPS) is 12.4. The van der Waals surface area contributed by atoms with E-state index < -0.39 is 6.04 Å². The van der Waals surface area contributed by atoms with E-state index in [9.17, 15) is 4.79 Å². The average Bonchev–Trinajstić information content (AvgIpc) is 3.10. The topological polar surface area (TPSA) is 64.5 Å². The lowest BCUT2D eigenvalue weighted by molar-refractivity contribution is -0.148. The molecule has 28 heavy (non-hydrogen) atoms. The minimum Gasteiger partial charge on any atom is -0.461 e. The molecule has 0 unspecified atom stereocenters. The number of hydrogen-bond acceptors (Lipinski definition) is 7. The molecule has 6 nitrogen and oxygen atoms in total. The van der Waals surface area contributed by atoms with Crippen LogP contribution in [0.15, 0.2) is 35.7 Å². The highest BCUT2D eigenvalue weighted by Gasteiger charge is 2.26. The van der Waals surface area contributed by atoms with Gasteiger partial charge in [-0.25, -0.2) is 14.8 Å². The summed E-state index contributed by atoms with van der Waals surface area (Å²) < 4.78 is 10.6. The molecule has 148 valence electrons. The molecule has 3 rings (SSSR count). The van der Waals surface area contributed by atoms with Gasteiger partial charge in [-0.2, -0.15) is 0 Å². The lowest BCUT2D eigenvalue weighted by atomic mass is 10.1. The fourth-order valence-corrected chi connectivity index (χ4v) is 3.88. The van der Waals surface area contributed by atoms with Gasteiger partial charge in [0, 0.05) is 25.1 Å². The second kappa shape index (κ2) is 8.67. The molecule has 1 atom stereocenters. The number of carbonyl (C=O) groups is 1. The van der Waals surface area contributed by atoms with Gasteiger partial charge in [0.2, 0.25) is 0 Å². The first-order valence-electron chi connectivity index (χ1n) is 9.18. The smallest absolute Gasteiger partial charge is 0.328 e. The lowest BCUT2D eigenvalue weighted by Gasteiger charge is -2.26. The molecule has 2 heterocycles. The van der Waals surface area contributed by atoms with Crippen LogP contribution in [0.3, 0.4) is 0 Å². The molecule has 0 bridgehead atoms. The molecule has 0 saturated heterocycles. The first-order valence-corrected chi connectivity index (χ1v) is 10.1. The molecule has 0 amide bonds. The summed E-state index contributed by atoms with van der Waals surface area (Å²) in [7, 11) is 3.47. The molecule has 7 heteroatoms. The first-order chi connectivity index (χ1) is 13.4. The Bertz CT molecular complexity index is 956. The van der Waals surface area contributed by atoms with E-state index in [1.165, 1.54) is 0 Å². The summed E-state index contributed by atoms with van der Waals surface area (Å²) in [6.07, 6.45) is -0.168. The molecule has 0 aliphatic carbocycles. The monoisotopic (exact) mass is 399 g/mol. The zero-order valence-electron chi connectivity index (χ0n) is 16.8. The van der Waals surface area contributed by atoms with Crippen molar-refractivity contribution in [2.45, 2.75) is 39.5 Å². The highest BCUT2D eigenvalue weighted by molar-refractivity contribution is 7.17. The van der Waals surface area contributed by atoms with E-state index in [1.54, 1.807) is 18.4 Å². The lowest BCUT2D eigenvalue weighted by Crippen LogP contribution is -2.39. The Kier molecular flexibility index (Phi) is 6.26. The second-order valence-electron chi connectivity index (χ2n) is 6.86. The van der Waals surface area contributed by atoms with Crippen LogP contribution in [0, 0.1) is 0 Å². The van der Waals surface area contributed by atoms with E-state index in [0.717, 1.165) is 21.3 Å². The van der Waals surface area contributed by atoms with Crippen molar-refractivity contribution in [3.8, 4) is 11.1 Å². The number of anilines is 1. The molecule has 0 spiro atoms. The summed E-state index contributed by atoms with van der Waals surface area (Å²) in [4.78, 5) is 24.6.